The van der Waals surface area contributed by atoms with Crippen LogP contribution in [0, 0.1) is 11.8 Å². The van der Waals surface area contributed by atoms with Crippen LogP contribution in [-0.4, -0.2) is 18.0 Å². The predicted molar refractivity (Wildman–Crippen MR) is 83.0 cm³/mol. The molecule has 0 aliphatic carbocycles. The fraction of sp³-hybridized carbons (Fsp3) is 0.176. The lowest BCUT2D eigenvalue weighted by atomic mass is 10.1. The number of rotatable bonds is 4. The summed E-state index contributed by atoms with van der Waals surface area (Å²) in [6, 6.07) is 15.8. The second kappa shape index (κ2) is 7.64. The molecule has 0 radical (unpaired) electrons. The number of hydrogen-bond acceptors (Lipinski definition) is 3. The van der Waals surface area contributed by atoms with Crippen molar-refractivity contribution in [1.82, 2.24) is 0 Å². The first-order chi connectivity index (χ1) is 9.83. The van der Waals surface area contributed by atoms with Crippen LogP contribution < -0.4 is 4.74 Å². The SMILES string of the molecule is CSc1ccc(OCc2ccccc2C#CCO)cc1. The number of benzene rings is 2. The third-order valence-electron chi connectivity index (χ3n) is 2.77. The van der Waals surface area contributed by atoms with Crippen LogP contribution in [0.15, 0.2) is 53.4 Å². The first-order valence-corrected chi connectivity index (χ1v) is 7.50. The van der Waals surface area contributed by atoms with Crippen molar-refractivity contribution in [2.75, 3.05) is 12.9 Å². The summed E-state index contributed by atoms with van der Waals surface area (Å²) in [5, 5.41) is 8.77. The smallest absolute Gasteiger partial charge is 0.119 e. The molecule has 20 heavy (non-hydrogen) atoms. The van der Waals surface area contributed by atoms with Gasteiger partial charge in [-0.15, -0.1) is 11.8 Å². The second-order valence-electron chi connectivity index (χ2n) is 4.08. The molecule has 0 fully saturated rings. The van der Waals surface area contributed by atoms with Gasteiger partial charge in [0.25, 0.3) is 0 Å². The molecule has 2 aromatic rings. The molecule has 1 N–H and O–H groups in total. The third kappa shape index (κ3) is 4.06. The zero-order valence-electron chi connectivity index (χ0n) is 11.3. The summed E-state index contributed by atoms with van der Waals surface area (Å²) in [5.41, 5.74) is 1.91. The Morgan fingerprint density at radius 3 is 2.55 bits per heavy atom. The standard InChI is InChI=1S/C17H16O2S/c1-20-17-10-8-16(9-11-17)19-13-15-6-3-2-5-14(15)7-4-12-18/h2-3,5-6,8-11,18H,12-13H2,1H3. The van der Waals surface area contributed by atoms with E-state index in [0.717, 1.165) is 16.9 Å². The highest BCUT2D eigenvalue weighted by atomic mass is 32.2. The average molecular weight is 284 g/mol. The van der Waals surface area contributed by atoms with Gasteiger partial charge in [0.2, 0.25) is 0 Å². The van der Waals surface area contributed by atoms with Crippen LogP contribution in [0.2, 0.25) is 0 Å². The molecule has 2 nitrogen and oxygen atoms in total. The molecule has 2 rings (SSSR count). The van der Waals surface area contributed by atoms with E-state index >= 15 is 0 Å². The van der Waals surface area contributed by atoms with Crippen LogP contribution in [-0.2, 0) is 6.61 Å². The van der Waals surface area contributed by atoms with Crippen molar-refractivity contribution in [3.8, 4) is 17.6 Å². The van der Waals surface area contributed by atoms with Crippen LogP contribution in [0.3, 0.4) is 0 Å². The molecule has 0 amide bonds. The fourth-order valence-corrected chi connectivity index (χ4v) is 2.14. The quantitative estimate of drug-likeness (QED) is 0.690. The molecule has 2 aromatic carbocycles. The summed E-state index contributed by atoms with van der Waals surface area (Å²) in [7, 11) is 0. The van der Waals surface area contributed by atoms with Crippen LogP contribution in [0.4, 0.5) is 0 Å². The van der Waals surface area contributed by atoms with Crippen molar-refractivity contribution in [3.05, 3.63) is 59.7 Å². The average Bonchev–Trinajstić information content (AvgIpc) is 2.52. The van der Waals surface area contributed by atoms with Crippen molar-refractivity contribution in [1.29, 1.82) is 0 Å². The maximum absolute atomic E-state index is 8.77. The number of aliphatic hydroxyl groups is 1. The zero-order chi connectivity index (χ0) is 14.2. The summed E-state index contributed by atoms with van der Waals surface area (Å²) in [5.74, 6) is 6.44. The summed E-state index contributed by atoms with van der Waals surface area (Å²) >= 11 is 1.71. The van der Waals surface area contributed by atoms with E-state index in [1.165, 1.54) is 4.90 Å². The molecular formula is C17H16O2S. The highest BCUT2D eigenvalue weighted by Crippen LogP contribution is 2.20. The first-order valence-electron chi connectivity index (χ1n) is 6.28. The minimum Gasteiger partial charge on any atom is -0.489 e. The summed E-state index contributed by atoms with van der Waals surface area (Å²) in [4.78, 5) is 1.21. The van der Waals surface area contributed by atoms with E-state index < -0.39 is 0 Å². The van der Waals surface area contributed by atoms with Gasteiger partial charge in [0, 0.05) is 16.0 Å². The molecule has 0 saturated heterocycles. The minimum atomic E-state index is -0.134. The van der Waals surface area contributed by atoms with Crippen LogP contribution in [0.1, 0.15) is 11.1 Å². The normalized spacial score (nSPS) is 9.70. The second-order valence-corrected chi connectivity index (χ2v) is 4.96. The zero-order valence-corrected chi connectivity index (χ0v) is 12.1. The molecule has 0 unspecified atom stereocenters. The van der Waals surface area contributed by atoms with Gasteiger partial charge >= 0.3 is 0 Å². The maximum Gasteiger partial charge on any atom is 0.119 e. The Kier molecular flexibility index (Phi) is 5.55. The number of ether oxygens (including phenoxy) is 1. The molecule has 0 spiro atoms. The minimum absolute atomic E-state index is 0.134. The van der Waals surface area contributed by atoms with E-state index in [1.807, 2.05) is 54.8 Å². The number of thioether (sulfide) groups is 1. The topological polar surface area (TPSA) is 29.5 Å². The van der Waals surface area contributed by atoms with Crippen molar-refractivity contribution >= 4 is 11.8 Å². The van der Waals surface area contributed by atoms with Gasteiger partial charge < -0.3 is 9.84 Å². The molecule has 0 atom stereocenters. The third-order valence-corrected chi connectivity index (χ3v) is 3.52. The van der Waals surface area contributed by atoms with Crippen molar-refractivity contribution in [2.45, 2.75) is 11.5 Å². The van der Waals surface area contributed by atoms with Gasteiger partial charge in [0.1, 0.15) is 19.0 Å². The molecule has 3 heteroatoms. The molecule has 102 valence electrons. The van der Waals surface area contributed by atoms with E-state index in [4.69, 9.17) is 9.84 Å². The van der Waals surface area contributed by atoms with Crippen molar-refractivity contribution in [2.24, 2.45) is 0 Å². The first kappa shape index (κ1) is 14.5. The molecular weight excluding hydrogens is 268 g/mol. The predicted octanol–water partition coefficient (Wildman–Crippen LogP) is 3.33. The van der Waals surface area contributed by atoms with Crippen LogP contribution in [0.5, 0.6) is 5.75 Å². The Labute approximate surface area is 123 Å². The highest BCUT2D eigenvalue weighted by Gasteiger charge is 2.01. The van der Waals surface area contributed by atoms with Gasteiger partial charge in [-0.3, -0.25) is 0 Å². The Bertz CT molecular complexity index is 609. The molecule has 0 aromatic heterocycles. The van der Waals surface area contributed by atoms with Gasteiger partial charge in [-0.25, -0.2) is 0 Å². The van der Waals surface area contributed by atoms with Gasteiger partial charge in [0.05, 0.1) is 0 Å². The lowest BCUT2D eigenvalue weighted by Gasteiger charge is -2.08. The number of hydrogen-bond donors (Lipinski definition) is 1. The van der Waals surface area contributed by atoms with Gasteiger partial charge in [-0.2, -0.15) is 0 Å². The van der Waals surface area contributed by atoms with E-state index in [2.05, 4.69) is 11.8 Å². The Hall–Kier alpha value is -1.89. The monoisotopic (exact) mass is 284 g/mol. The van der Waals surface area contributed by atoms with Crippen LogP contribution >= 0.6 is 11.8 Å². The molecule has 0 bridgehead atoms. The van der Waals surface area contributed by atoms with Gasteiger partial charge in [-0.05, 0) is 36.6 Å². The van der Waals surface area contributed by atoms with Crippen LogP contribution in [0.25, 0.3) is 0 Å². The van der Waals surface area contributed by atoms with Crippen molar-refractivity contribution < 1.29 is 9.84 Å². The summed E-state index contributed by atoms with van der Waals surface area (Å²) in [6.07, 6.45) is 2.05. The lowest BCUT2D eigenvalue weighted by Crippen LogP contribution is -1.98. The summed E-state index contributed by atoms with van der Waals surface area (Å²) < 4.78 is 5.77. The lowest BCUT2D eigenvalue weighted by molar-refractivity contribution is 0.305. The van der Waals surface area contributed by atoms with Gasteiger partial charge in [0.15, 0.2) is 0 Å². The van der Waals surface area contributed by atoms with E-state index in [9.17, 15) is 0 Å². The molecule has 0 heterocycles. The summed E-state index contributed by atoms with van der Waals surface area (Å²) in [6.45, 7) is 0.334. The maximum atomic E-state index is 8.77. The Morgan fingerprint density at radius 1 is 1.10 bits per heavy atom. The fourth-order valence-electron chi connectivity index (χ4n) is 1.74. The van der Waals surface area contributed by atoms with E-state index in [1.54, 1.807) is 11.8 Å². The number of aliphatic hydroxyl groups excluding tert-OH is 1. The van der Waals surface area contributed by atoms with E-state index in [0.29, 0.717) is 6.61 Å². The van der Waals surface area contributed by atoms with Gasteiger partial charge in [-0.1, -0.05) is 30.0 Å². The van der Waals surface area contributed by atoms with Crippen molar-refractivity contribution in [3.63, 3.8) is 0 Å². The Balaban J connectivity index is 2.06. The van der Waals surface area contributed by atoms with E-state index in [-0.39, 0.29) is 6.61 Å². The Morgan fingerprint density at radius 2 is 1.85 bits per heavy atom. The largest absolute Gasteiger partial charge is 0.489 e. The highest BCUT2D eigenvalue weighted by molar-refractivity contribution is 7.98. The molecule has 0 saturated carbocycles. The molecule has 0 aliphatic rings. The molecule has 0 aliphatic heterocycles.